The molecule has 0 aromatic carbocycles. The fourth-order valence-electron chi connectivity index (χ4n) is 7.62. The van der Waals surface area contributed by atoms with E-state index in [0.29, 0.717) is 34.7 Å². The van der Waals surface area contributed by atoms with Crippen molar-refractivity contribution < 1.29 is 9.90 Å². The molecule has 25 heavy (non-hydrogen) atoms. The number of hydrogen-bond donors (Lipinski definition) is 1. The van der Waals surface area contributed by atoms with Crippen molar-refractivity contribution in [1.82, 2.24) is 0 Å². The van der Waals surface area contributed by atoms with Crippen molar-refractivity contribution in [2.45, 2.75) is 80.1 Å². The smallest absolute Gasteiger partial charge is 0.331 e. The molecule has 4 unspecified atom stereocenters. The molecule has 0 amide bonds. The fourth-order valence-corrected chi connectivity index (χ4v) is 7.62. The number of hydrogen-bond acceptors (Lipinski definition) is 1. The normalized spacial score (nSPS) is 45.7. The number of carboxylic acids is 1. The first kappa shape index (κ1) is 19.0. The lowest BCUT2D eigenvalue weighted by atomic mass is 9.46. The largest absolute Gasteiger partial charge is 0.478 e. The average molecular weight is 347 g/mol. The van der Waals surface area contributed by atoms with Gasteiger partial charge in [-0.05, 0) is 72.5 Å². The first-order chi connectivity index (χ1) is 11.5. The van der Waals surface area contributed by atoms with E-state index in [2.05, 4.69) is 48.1 Å². The summed E-state index contributed by atoms with van der Waals surface area (Å²) in [6, 6.07) is 0. The minimum absolute atomic E-state index is 0.223. The van der Waals surface area contributed by atoms with Crippen LogP contribution in [0.3, 0.4) is 0 Å². The first-order valence-corrected chi connectivity index (χ1v) is 10.4. The highest BCUT2D eigenvalue weighted by Gasteiger charge is 2.68. The van der Waals surface area contributed by atoms with Gasteiger partial charge in [-0.3, -0.25) is 0 Å². The molecule has 0 radical (unpaired) electrons. The Morgan fingerprint density at radius 1 is 1.16 bits per heavy atom. The molecule has 0 spiro atoms. The molecular weight excluding hydrogens is 308 g/mol. The van der Waals surface area contributed by atoms with Crippen LogP contribution in [0.2, 0.25) is 0 Å². The molecular formula is C23H38O2. The van der Waals surface area contributed by atoms with Crippen LogP contribution in [0.15, 0.2) is 12.2 Å². The van der Waals surface area contributed by atoms with Crippen LogP contribution in [0.25, 0.3) is 0 Å². The Labute approximate surface area is 154 Å². The summed E-state index contributed by atoms with van der Waals surface area (Å²) in [4.78, 5) is 12.2. The van der Waals surface area contributed by atoms with Gasteiger partial charge >= 0.3 is 5.97 Å². The lowest BCUT2D eigenvalue weighted by Gasteiger charge is -2.57. The first-order valence-electron chi connectivity index (χ1n) is 10.4. The molecule has 3 aliphatic rings. The van der Waals surface area contributed by atoms with E-state index >= 15 is 0 Å². The maximum atomic E-state index is 12.2. The standard InChI is InChI=1S/C23H38O2/c1-14(2)18-9-8-15(3)13-23(18,16(4)20(24)25)19-12-17-10-11-22(19,7)21(17,5)6/h14-15,17-19H,4,8-13H2,1-3,5-7H3,(H,24,25)/t15?,17-,18?,19?,22-,23?/m1/s1. The Hall–Kier alpha value is -0.790. The highest BCUT2D eigenvalue weighted by Crippen LogP contribution is 2.75. The van der Waals surface area contributed by atoms with Crippen LogP contribution in [-0.2, 0) is 4.79 Å². The van der Waals surface area contributed by atoms with E-state index in [1.54, 1.807) is 0 Å². The van der Waals surface area contributed by atoms with Crippen molar-refractivity contribution in [3.63, 3.8) is 0 Å². The van der Waals surface area contributed by atoms with Crippen molar-refractivity contribution in [3.05, 3.63) is 12.2 Å². The van der Waals surface area contributed by atoms with Crippen LogP contribution in [0, 0.1) is 45.8 Å². The minimum atomic E-state index is -0.760. The molecule has 2 heteroatoms. The maximum absolute atomic E-state index is 12.2. The summed E-state index contributed by atoms with van der Waals surface area (Å²) in [6.45, 7) is 18.5. The zero-order valence-corrected chi connectivity index (χ0v) is 17.2. The Morgan fingerprint density at radius 2 is 1.80 bits per heavy atom. The number of rotatable bonds is 4. The minimum Gasteiger partial charge on any atom is -0.478 e. The number of fused-ring (bicyclic) bond motifs is 2. The predicted octanol–water partition coefficient (Wildman–Crippen LogP) is 6.17. The van der Waals surface area contributed by atoms with Gasteiger partial charge in [-0.2, -0.15) is 0 Å². The van der Waals surface area contributed by atoms with Gasteiger partial charge in [0.2, 0.25) is 0 Å². The van der Waals surface area contributed by atoms with E-state index in [9.17, 15) is 9.90 Å². The molecule has 3 rings (SSSR count). The number of carboxylic acid groups (broad SMARTS) is 1. The topological polar surface area (TPSA) is 37.3 Å². The Bertz CT molecular complexity index is 575. The summed E-state index contributed by atoms with van der Waals surface area (Å²) >= 11 is 0. The number of aliphatic carboxylic acids is 1. The molecule has 6 atom stereocenters. The summed E-state index contributed by atoms with van der Waals surface area (Å²) in [7, 11) is 0. The van der Waals surface area contributed by atoms with Gasteiger partial charge in [0.1, 0.15) is 0 Å². The van der Waals surface area contributed by atoms with E-state index in [1.165, 1.54) is 25.7 Å². The van der Waals surface area contributed by atoms with Crippen molar-refractivity contribution in [3.8, 4) is 0 Å². The second-order valence-corrected chi connectivity index (χ2v) is 10.7. The molecule has 142 valence electrons. The van der Waals surface area contributed by atoms with Gasteiger partial charge in [0.25, 0.3) is 0 Å². The van der Waals surface area contributed by atoms with Crippen LogP contribution < -0.4 is 0 Å². The molecule has 0 aromatic heterocycles. The number of carbonyl (C=O) groups is 1. The summed E-state index contributed by atoms with van der Waals surface area (Å²) in [5, 5.41) is 10.0. The third kappa shape index (κ3) is 2.38. The zero-order valence-electron chi connectivity index (χ0n) is 17.2. The van der Waals surface area contributed by atoms with Crippen LogP contribution in [0.1, 0.15) is 80.1 Å². The van der Waals surface area contributed by atoms with E-state index in [-0.39, 0.29) is 10.8 Å². The monoisotopic (exact) mass is 346 g/mol. The molecule has 1 N–H and O–H groups in total. The van der Waals surface area contributed by atoms with E-state index in [4.69, 9.17) is 0 Å². The highest BCUT2D eigenvalue weighted by molar-refractivity contribution is 5.87. The lowest BCUT2D eigenvalue weighted by Crippen LogP contribution is -2.52. The van der Waals surface area contributed by atoms with Gasteiger partial charge < -0.3 is 5.11 Å². The average Bonchev–Trinajstić information content (AvgIpc) is 2.86. The molecule has 3 saturated carbocycles. The van der Waals surface area contributed by atoms with E-state index in [1.807, 2.05) is 0 Å². The van der Waals surface area contributed by atoms with Crippen LogP contribution in [-0.4, -0.2) is 11.1 Å². The Balaban J connectivity index is 2.16. The molecule has 0 heterocycles. The second kappa shape index (κ2) is 5.86. The SMILES string of the molecule is C=C(C(=O)O)C1(C2C[C@H]3CC[C@@]2(C)C3(C)C)CC(C)CCC1C(C)C. The lowest BCUT2D eigenvalue weighted by molar-refractivity contribution is -0.138. The zero-order chi connectivity index (χ0) is 18.8. The van der Waals surface area contributed by atoms with E-state index in [0.717, 1.165) is 18.8 Å². The molecule has 3 aliphatic carbocycles. The molecule has 0 saturated heterocycles. The maximum Gasteiger partial charge on any atom is 0.331 e. The predicted molar refractivity (Wildman–Crippen MR) is 103 cm³/mol. The van der Waals surface area contributed by atoms with E-state index < -0.39 is 5.97 Å². The van der Waals surface area contributed by atoms with Gasteiger partial charge in [-0.1, -0.05) is 54.5 Å². The molecule has 0 aliphatic heterocycles. The van der Waals surface area contributed by atoms with Gasteiger partial charge in [0, 0.05) is 11.0 Å². The Morgan fingerprint density at radius 3 is 2.24 bits per heavy atom. The van der Waals surface area contributed by atoms with Crippen LogP contribution >= 0.6 is 0 Å². The van der Waals surface area contributed by atoms with Crippen LogP contribution in [0.4, 0.5) is 0 Å². The van der Waals surface area contributed by atoms with Gasteiger partial charge in [0.15, 0.2) is 0 Å². The van der Waals surface area contributed by atoms with Gasteiger partial charge in [0.05, 0.1) is 0 Å². The van der Waals surface area contributed by atoms with Crippen molar-refractivity contribution in [2.24, 2.45) is 45.8 Å². The fraction of sp³-hybridized carbons (Fsp3) is 0.870. The molecule has 2 nitrogen and oxygen atoms in total. The molecule has 0 aromatic rings. The highest BCUT2D eigenvalue weighted by atomic mass is 16.4. The van der Waals surface area contributed by atoms with Gasteiger partial charge in [-0.25, -0.2) is 4.79 Å². The summed E-state index contributed by atoms with van der Waals surface area (Å²) < 4.78 is 0. The third-order valence-corrected chi connectivity index (χ3v) is 9.36. The van der Waals surface area contributed by atoms with Crippen LogP contribution in [0.5, 0.6) is 0 Å². The quantitative estimate of drug-likeness (QED) is 0.618. The van der Waals surface area contributed by atoms with Crippen molar-refractivity contribution in [2.75, 3.05) is 0 Å². The van der Waals surface area contributed by atoms with Crippen molar-refractivity contribution >= 4 is 5.97 Å². The summed E-state index contributed by atoms with van der Waals surface area (Å²) in [5.41, 5.74) is 0.845. The Kier molecular flexibility index (Phi) is 4.45. The van der Waals surface area contributed by atoms with Gasteiger partial charge in [-0.15, -0.1) is 0 Å². The molecule has 3 fully saturated rings. The summed E-state index contributed by atoms with van der Waals surface area (Å²) in [5.74, 6) is 2.00. The second-order valence-electron chi connectivity index (χ2n) is 10.7. The van der Waals surface area contributed by atoms with Crippen molar-refractivity contribution in [1.29, 1.82) is 0 Å². The molecule has 2 bridgehead atoms. The summed E-state index contributed by atoms with van der Waals surface area (Å²) in [6.07, 6.45) is 7.17. The third-order valence-electron chi connectivity index (χ3n) is 9.36.